The third-order valence-corrected chi connectivity index (χ3v) is 2.94. The highest BCUT2D eigenvalue weighted by Crippen LogP contribution is 2.22. The average Bonchev–Trinajstić information content (AvgIpc) is 2.83. The first-order valence-electron chi connectivity index (χ1n) is 5.63. The minimum atomic E-state index is -0.605. The van der Waals surface area contributed by atoms with Crippen LogP contribution in [0.4, 0.5) is 0 Å². The van der Waals surface area contributed by atoms with Crippen molar-refractivity contribution in [2.45, 2.75) is 6.92 Å². The van der Waals surface area contributed by atoms with Gasteiger partial charge in [0.25, 0.3) is 0 Å². The van der Waals surface area contributed by atoms with Crippen LogP contribution in [0.5, 0.6) is 0 Å². The third kappa shape index (κ3) is 2.41. The second-order valence-corrected chi connectivity index (χ2v) is 4.24. The van der Waals surface area contributed by atoms with Gasteiger partial charge in [0, 0.05) is 11.5 Å². The first-order chi connectivity index (χ1) is 8.22. The van der Waals surface area contributed by atoms with Gasteiger partial charge in [0.05, 0.1) is 5.92 Å². The summed E-state index contributed by atoms with van der Waals surface area (Å²) in [5.74, 6) is -0.808. The lowest BCUT2D eigenvalue weighted by Gasteiger charge is -2.13. The van der Waals surface area contributed by atoms with Gasteiger partial charge >= 0.3 is 0 Å². The SMILES string of the molecule is Cc1cccc(C(=O)C(C=O)C2C=CC=C2)c1. The fourth-order valence-electron chi connectivity index (χ4n) is 2.01. The Labute approximate surface area is 101 Å². The predicted octanol–water partition coefficient (Wildman–Crippen LogP) is 2.74. The Morgan fingerprint density at radius 1 is 1.29 bits per heavy atom. The van der Waals surface area contributed by atoms with Gasteiger partial charge in [-0.25, -0.2) is 0 Å². The number of aldehydes is 1. The molecule has 1 atom stereocenters. The number of allylic oxidation sites excluding steroid dienone is 4. The molecule has 0 heterocycles. The molecular weight excluding hydrogens is 212 g/mol. The molecule has 2 nitrogen and oxygen atoms in total. The Hall–Kier alpha value is -1.96. The van der Waals surface area contributed by atoms with Crippen molar-refractivity contribution in [3.63, 3.8) is 0 Å². The molecular formula is C15H14O2. The van der Waals surface area contributed by atoms with Crippen molar-refractivity contribution in [2.75, 3.05) is 0 Å². The van der Waals surface area contributed by atoms with Gasteiger partial charge < -0.3 is 4.79 Å². The predicted molar refractivity (Wildman–Crippen MR) is 66.8 cm³/mol. The molecule has 1 aromatic carbocycles. The molecule has 0 bridgehead atoms. The lowest BCUT2D eigenvalue weighted by Crippen LogP contribution is -2.22. The fraction of sp³-hybridized carbons (Fsp3) is 0.200. The Kier molecular flexibility index (Phi) is 3.33. The van der Waals surface area contributed by atoms with E-state index in [1.165, 1.54) is 0 Å². The minimum absolute atomic E-state index is 0.0967. The molecule has 1 aromatic rings. The standard InChI is InChI=1S/C15H14O2/c1-11-5-4-8-13(9-11)15(17)14(10-16)12-6-2-3-7-12/h2-10,12,14H,1H3. The van der Waals surface area contributed by atoms with Crippen molar-refractivity contribution in [1.29, 1.82) is 0 Å². The first kappa shape index (κ1) is 11.5. The summed E-state index contributed by atoms with van der Waals surface area (Å²) >= 11 is 0. The Bertz CT molecular complexity index is 485. The van der Waals surface area contributed by atoms with Gasteiger partial charge in [-0.3, -0.25) is 4.79 Å². The second-order valence-electron chi connectivity index (χ2n) is 4.24. The summed E-state index contributed by atoms with van der Waals surface area (Å²) < 4.78 is 0. The van der Waals surface area contributed by atoms with Crippen LogP contribution in [0.25, 0.3) is 0 Å². The van der Waals surface area contributed by atoms with Gasteiger partial charge in [0.2, 0.25) is 0 Å². The molecule has 1 unspecified atom stereocenters. The number of Topliss-reactive ketones (excluding diaryl/α,β-unsaturated/α-hetero) is 1. The van der Waals surface area contributed by atoms with E-state index < -0.39 is 5.92 Å². The van der Waals surface area contributed by atoms with Crippen molar-refractivity contribution in [3.05, 3.63) is 59.7 Å². The minimum Gasteiger partial charge on any atom is -0.303 e. The maximum absolute atomic E-state index is 12.2. The summed E-state index contributed by atoms with van der Waals surface area (Å²) in [5.41, 5.74) is 1.63. The van der Waals surface area contributed by atoms with Crippen molar-refractivity contribution in [1.82, 2.24) is 0 Å². The normalized spacial score (nSPS) is 16.1. The number of ketones is 1. The molecule has 2 rings (SSSR count). The lowest BCUT2D eigenvalue weighted by molar-refractivity contribution is -0.110. The van der Waals surface area contributed by atoms with Crippen LogP contribution in [0.3, 0.4) is 0 Å². The third-order valence-electron chi connectivity index (χ3n) is 2.94. The van der Waals surface area contributed by atoms with Crippen LogP contribution in [0, 0.1) is 18.8 Å². The van der Waals surface area contributed by atoms with Crippen molar-refractivity contribution in [2.24, 2.45) is 11.8 Å². The molecule has 17 heavy (non-hydrogen) atoms. The molecule has 1 aliphatic carbocycles. The second kappa shape index (κ2) is 4.91. The fourth-order valence-corrected chi connectivity index (χ4v) is 2.01. The van der Waals surface area contributed by atoms with Gasteiger partial charge in [0.15, 0.2) is 5.78 Å². The van der Waals surface area contributed by atoms with E-state index in [4.69, 9.17) is 0 Å². The largest absolute Gasteiger partial charge is 0.303 e. The van der Waals surface area contributed by atoms with Gasteiger partial charge in [-0.1, -0.05) is 48.1 Å². The van der Waals surface area contributed by atoms with E-state index in [9.17, 15) is 9.59 Å². The van der Waals surface area contributed by atoms with Crippen molar-refractivity contribution < 1.29 is 9.59 Å². The topological polar surface area (TPSA) is 34.1 Å². The molecule has 86 valence electrons. The molecule has 0 amide bonds. The molecule has 0 N–H and O–H groups in total. The highest BCUT2D eigenvalue weighted by atomic mass is 16.1. The zero-order valence-corrected chi connectivity index (χ0v) is 9.67. The van der Waals surface area contributed by atoms with Crippen LogP contribution < -0.4 is 0 Å². The van der Waals surface area contributed by atoms with Crippen molar-refractivity contribution in [3.8, 4) is 0 Å². The van der Waals surface area contributed by atoms with Crippen LogP contribution in [0.2, 0.25) is 0 Å². The molecule has 0 radical (unpaired) electrons. The van der Waals surface area contributed by atoms with Gasteiger partial charge in [-0.05, 0) is 13.0 Å². The van der Waals surface area contributed by atoms with Crippen LogP contribution in [0.1, 0.15) is 15.9 Å². The highest BCUT2D eigenvalue weighted by molar-refractivity contribution is 6.06. The zero-order chi connectivity index (χ0) is 12.3. The lowest BCUT2D eigenvalue weighted by atomic mass is 9.87. The number of carbonyl (C=O) groups is 2. The molecule has 0 aliphatic heterocycles. The number of hydrogen-bond donors (Lipinski definition) is 0. The Balaban J connectivity index is 2.26. The summed E-state index contributed by atoms with van der Waals surface area (Å²) in [6.45, 7) is 1.93. The molecule has 0 saturated heterocycles. The van der Waals surface area contributed by atoms with E-state index in [2.05, 4.69) is 0 Å². The quantitative estimate of drug-likeness (QED) is 0.449. The summed E-state index contributed by atoms with van der Waals surface area (Å²) in [6, 6.07) is 7.35. The van der Waals surface area contributed by atoms with Gasteiger partial charge in [-0.2, -0.15) is 0 Å². The Morgan fingerprint density at radius 2 is 2.00 bits per heavy atom. The van der Waals surface area contributed by atoms with Crippen LogP contribution >= 0.6 is 0 Å². The zero-order valence-electron chi connectivity index (χ0n) is 9.67. The van der Waals surface area contributed by atoms with E-state index in [1.807, 2.05) is 49.4 Å². The van der Waals surface area contributed by atoms with Crippen LogP contribution in [-0.4, -0.2) is 12.1 Å². The smallest absolute Gasteiger partial charge is 0.173 e. The number of aryl methyl sites for hydroxylation is 1. The molecule has 0 spiro atoms. The monoisotopic (exact) mass is 226 g/mol. The van der Waals surface area contributed by atoms with E-state index in [-0.39, 0.29) is 11.7 Å². The number of carbonyl (C=O) groups excluding carboxylic acids is 2. The van der Waals surface area contributed by atoms with Gasteiger partial charge in [0.1, 0.15) is 6.29 Å². The molecule has 0 aromatic heterocycles. The maximum Gasteiger partial charge on any atom is 0.173 e. The van der Waals surface area contributed by atoms with E-state index in [0.717, 1.165) is 11.8 Å². The van der Waals surface area contributed by atoms with E-state index in [0.29, 0.717) is 5.56 Å². The Morgan fingerprint density at radius 3 is 2.59 bits per heavy atom. The first-order valence-corrected chi connectivity index (χ1v) is 5.63. The van der Waals surface area contributed by atoms with Crippen molar-refractivity contribution >= 4 is 12.1 Å². The molecule has 1 aliphatic rings. The van der Waals surface area contributed by atoms with E-state index >= 15 is 0 Å². The highest BCUT2D eigenvalue weighted by Gasteiger charge is 2.26. The summed E-state index contributed by atoms with van der Waals surface area (Å²) in [7, 11) is 0. The van der Waals surface area contributed by atoms with E-state index in [1.54, 1.807) is 6.07 Å². The van der Waals surface area contributed by atoms with Crippen LogP contribution in [-0.2, 0) is 4.79 Å². The average molecular weight is 226 g/mol. The number of rotatable bonds is 4. The number of hydrogen-bond acceptors (Lipinski definition) is 2. The summed E-state index contributed by atoms with van der Waals surface area (Å²) in [6.07, 6.45) is 8.24. The molecule has 0 saturated carbocycles. The molecule has 0 fully saturated rings. The van der Waals surface area contributed by atoms with Gasteiger partial charge in [-0.15, -0.1) is 0 Å². The molecule has 2 heteroatoms. The summed E-state index contributed by atoms with van der Waals surface area (Å²) in [5, 5.41) is 0. The van der Waals surface area contributed by atoms with Crippen LogP contribution in [0.15, 0.2) is 48.6 Å². The maximum atomic E-state index is 12.2. The number of benzene rings is 1. The summed E-state index contributed by atoms with van der Waals surface area (Å²) in [4.78, 5) is 23.3.